The van der Waals surface area contributed by atoms with Crippen molar-refractivity contribution in [2.45, 2.75) is 253 Å². The molecule has 0 radical (unpaired) electrons. The van der Waals surface area contributed by atoms with E-state index in [0.29, 0.717) is 169 Å². The fourth-order valence-electron chi connectivity index (χ4n) is 19.8. The number of fused-ring (bicyclic) bond motifs is 8. The van der Waals surface area contributed by atoms with Crippen molar-refractivity contribution in [3.8, 4) is 49.4 Å². The van der Waals surface area contributed by atoms with Crippen molar-refractivity contribution in [1.82, 2.24) is 20.4 Å². The lowest BCUT2D eigenvalue weighted by molar-refractivity contribution is -0.144. The van der Waals surface area contributed by atoms with E-state index in [9.17, 15) is 39.0 Å². The highest BCUT2D eigenvalue weighted by molar-refractivity contribution is 5.71. The maximum atomic E-state index is 11.4. The van der Waals surface area contributed by atoms with Gasteiger partial charge in [-0.3, -0.25) is 59.2 Å². The van der Waals surface area contributed by atoms with E-state index >= 15 is 0 Å². The maximum absolute atomic E-state index is 11.4. The zero-order chi connectivity index (χ0) is 106. The molecule has 0 saturated carbocycles. The van der Waals surface area contributed by atoms with Crippen LogP contribution in [-0.4, -0.2) is 235 Å². The molecule has 0 aromatic heterocycles. The second kappa shape index (κ2) is 65.4. The number of nitrogens with zero attached hydrogens (tertiary/aromatic N) is 4. The number of aliphatic hydroxyl groups excluding tert-OH is 2. The van der Waals surface area contributed by atoms with E-state index in [2.05, 4.69) is 152 Å². The molecule has 0 aliphatic heterocycles. The number of aliphatic imine (C=N–C) groups is 2. The van der Waals surface area contributed by atoms with Crippen LogP contribution < -0.4 is 22.1 Å². The molecule has 8 aromatic rings. The van der Waals surface area contributed by atoms with Crippen LogP contribution in [-0.2, 0) is 128 Å². The Morgan fingerprint density at radius 3 is 0.932 bits per heavy atom. The number of aliphatic hydroxyl groups is 2. The highest BCUT2D eigenvalue weighted by Crippen LogP contribution is 2.42. The van der Waals surface area contributed by atoms with Crippen molar-refractivity contribution < 1.29 is 96.6 Å². The first kappa shape index (κ1) is 119. The number of hydrogen-bond donors (Lipinski definition) is 8. The van der Waals surface area contributed by atoms with Crippen LogP contribution in [0.5, 0.6) is 0 Å². The second-order valence-electron chi connectivity index (χ2n) is 37.0. The van der Waals surface area contributed by atoms with Gasteiger partial charge in [0.1, 0.15) is 12.1 Å². The largest absolute Gasteiger partial charge is 0.481 e. The molecule has 0 spiro atoms. The summed E-state index contributed by atoms with van der Waals surface area (Å²) in [7, 11) is 4.03. The van der Waals surface area contributed by atoms with Crippen LogP contribution in [0.3, 0.4) is 0 Å². The monoisotopic (exact) mass is 2030 g/mol. The number of carbonyl (C=O) groups excluding carboxylic acids is 4. The van der Waals surface area contributed by atoms with E-state index < -0.39 is 11.9 Å². The maximum Gasteiger partial charge on any atom is 0.305 e. The first-order chi connectivity index (χ1) is 71.9. The molecule has 792 valence electrons. The Bertz CT molecular complexity index is 5650. The molecule has 16 rings (SSSR count). The minimum absolute atomic E-state index is 0.00814. The first-order valence-corrected chi connectivity index (χ1v) is 51.7. The summed E-state index contributed by atoms with van der Waals surface area (Å²) in [6, 6.07) is 65.8. The predicted octanol–water partition coefficient (Wildman–Crippen LogP) is 15.3. The predicted molar refractivity (Wildman–Crippen MR) is 575 cm³/mol. The summed E-state index contributed by atoms with van der Waals surface area (Å²) in [4.78, 5) is 78.5. The van der Waals surface area contributed by atoms with Crippen LogP contribution in [0.25, 0.3) is 0 Å². The van der Waals surface area contributed by atoms with Gasteiger partial charge in [-0.05, 0) is 183 Å². The molecular formula is C120H152N8O20. The van der Waals surface area contributed by atoms with Crippen LogP contribution in [0.15, 0.2) is 204 Å². The summed E-state index contributed by atoms with van der Waals surface area (Å²) >= 11 is 0. The molecule has 0 bridgehead atoms. The quantitative estimate of drug-likeness (QED) is 0.00578. The molecule has 0 saturated heterocycles. The zero-order valence-electron chi connectivity index (χ0n) is 86.7. The smallest absolute Gasteiger partial charge is 0.305 e. The number of esters is 4. The van der Waals surface area contributed by atoms with Gasteiger partial charge in [0, 0.05) is 130 Å². The van der Waals surface area contributed by atoms with E-state index in [0.717, 1.165) is 49.7 Å². The van der Waals surface area contributed by atoms with E-state index in [4.69, 9.17) is 94.7 Å². The number of carboxylic acid groups (broad SMARTS) is 2. The molecule has 16 atom stereocenters. The van der Waals surface area contributed by atoms with Gasteiger partial charge in [-0.1, -0.05) is 218 Å². The Kier molecular flexibility index (Phi) is 52.7. The Balaban J connectivity index is 0.000000189. The van der Waals surface area contributed by atoms with E-state index in [1.165, 1.54) is 77.9 Å². The van der Waals surface area contributed by atoms with Gasteiger partial charge >= 0.3 is 35.8 Å². The molecule has 10 N–H and O–H groups in total. The van der Waals surface area contributed by atoms with Crippen LogP contribution in [0, 0.1) is 49.4 Å². The highest BCUT2D eigenvalue weighted by Gasteiger charge is 2.40. The fourth-order valence-corrected chi connectivity index (χ4v) is 19.8. The van der Waals surface area contributed by atoms with E-state index in [1.807, 2.05) is 151 Å². The third kappa shape index (κ3) is 37.1. The number of benzene rings is 8. The lowest BCUT2D eigenvalue weighted by Gasteiger charge is -2.29. The van der Waals surface area contributed by atoms with Gasteiger partial charge in [0.05, 0.1) is 138 Å². The zero-order valence-corrected chi connectivity index (χ0v) is 86.7. The van der Waals surface area contributed by atoms with Crippen LogP contribution >= 0.6 is 0 Å². The number of terminal acetylenes is 4. The van der Waals surface area contributed by atoms with Crippen LogP contribution in [0.2, 0.25) is 0 Å². The Labute approximate surface area is 874 Å². The summed E-state index contributed by atoms with van der Waals surface area (Å²) in [6.45, 7) is 21.4. The standard InChI is InChI=1S/C19H25NO3.C18H23NO3.C17H21NO3.C16H21NO3.C16H19NO3.C15H21NO3.C10H11NO.C9H11NO/c1-4-12-20(3)19-16-10-7-6-9-15(16)14-17(19)23-13-8-11-18(21)22-5-2;1-3-11-19-18-15-9-6-5-8-14(15)13-16(18)22-12-7-10-17(20)21-4-2;1-3-10-18(2)17-14-8-5-4-7-13(14)12-15(17)21-11-6-9-16(19)20;1-3-19-15(18)9-6-10-20-14-11-12-7-4-5-8-13(12)16(14)17-2;1-2-9-17-16-13-7-4-3-6-12(13)11-14(16)20-10-5-8-15(18)19;1-2-18-14(17)8-5-9-19-13-10-11-6-3-4-7-12(11)15(13)16;1-11-10-8-5-3-2-4-7(8)6-9(10)12;10-9-7-4-2-1-3-6(7)5-8(9)11/h1,6-7,9-10,17,19H,5,8,11-14H2,2-3H3;1,5-6,8-9,16,18-19H,4,7,10-13H2,2H3;1,4-5,7-8,15,17H,6,9-12H2,2H3,(H,19,20);4-5,7-8,14,16H,2-3,6,9-11H2,1H3;1,3-4,6-7,14,16-17H,5,8-11H2,(H,18,19);3-4,6-7,13,15H,2,5,8-10,16H2,1H3;2-5,9-10,12H,1,6H2;1-4,8-9,11H,5,10H2/t17-,19+;16-,18+;15-,17+;2*14-,16+;13-,15+;9-,10+;8-,9+/m11111111/s1. The van der Waals surface area contributed by atoms with Gasteiger partial charge in [-0.15, -0.1) is 25.7 Å². The number of nitrogens with one attached hydrogen (secondary N) is 2. The molecule has 0 unspecified atom stereocenters. The number of likely N-dealkylation sites (N-methyl/N-ethyl adjacent to an activating group) is 2. The van der Waals surface area contributed by atoms with Crippen molar-refractivity contribution >= 4 is 49.3 Å². The lowest BCUT2D eigenvalue weighted by atomic mass is 10.1. The molecule has 28 nitrogen and oxygen atoms in total. The van der Waals surface area contributed by atoms with Crippen molar-refractivity contribution in [1.29, 1.82) is 0 Å². The fraction of sp³-hybridized carbons (Fsp3) is 0.467. The van der Waals surface area contributed by atoms with Crippen molar-refractivity contribution in [3.05, 3.63) is 283 Å². The molecular weight excluding hydrogens is 1870 g/mol. The highest BCUT2D eigenvalue weighted by atomic mass is 16.6. The molecule has 148 heavy (non-hydrogen) atoms. The third-order valence-corrected chi connectivity index (χ3v) is 26.7. The minimum atomic E-state index is -0.787. The Morgan fingerprint density at radius 2 is 0.595 bits per heavy atom. The summed E-state index contributed by atoms with van der Waals surface area (Å²) in [5.74, 6) is 8.35. The topological polar surface area (TPSA) is 383 Å². The molecule has 8 aromatic carbocycles. The van der Waals surface area contributed by atoms with Gasteiger partial charge < -0.3 is 79.3 Å². The first-order valence-electron chi connectivity index (χ1n) is 51.7. The summed E-state index contributed by atoms with van der Waals surface area (Å²) < 4.78 is 55.1. The van der Waals surface area contributed by atoms with Gasteiger partial charge in [-0.2, -0.15) is 0 Å². The van der Waals surface area contributed by atoms with Crippen LogP contribution in [0.1, 0.15) is 242 Å². The molecule has 8 aliphatic carbocycles. The van der Waals surface area contributed by atoms with Gasteiger partial charge in [0.25, 0.3) is 0 Å². The molecule has 0 amide bonds. The SMILES string of the molecule is C#CCN(C)[C@H]1c2ccccc2C[C@H]1OCCCC(=O)O.C#CCN(C)[C@H]1c2ccccc2C[C@H]1OCCCC(=O)OCC.C#CCN[C@H]1c2ccccc2C[C@H]1OCCCC(=O)O.C#CCN[C@H]1c2ccccc2C[C@H]1OCCCC(=O)OCC.C=N[C@H]1c2ccccc2C[C@H]1O.C=N[C@H]1c2ccccc2C[C@H]1OCCCC(=O)OCC.CCOC(=O)CCCO[C@@H]1Cc2ccccc2[C@@H]1N.N[C@H]1c2ccccc2C[C@H]1O. The third-order valence-electron chi connectivity index (χ3n) is 26.7. The van der Waals surface area contributed by atoms with Gasteiger partial charge in [0.2, 0.25) is 0 Å². The molecule has 0 fully saturated rings. The average Bonchev–Trinajstić information content (AvgIpc) is 1.66. The van der Waals surface area contributed by atoms with E-state index in [1.54, 1.807) is 0 Å². The number of hydrogen-bond acceptors (Lipinski definition) is 26. The number of aliphatic carboxylic acids is 2. The average molecular weight is 2030 g/mol. The summed E-state index contributed by atoms with van der Waals surface area (Å²) in [5, 5.41) is 42.9. The molecule has 28 heteroatoms. The normalized spacial score (nSPS) is 21.3. The number of nitrogens with two attached hydrogens (primary N) is 2. The molecule has 0 heterocycles. The van der Waals surface area contributed by atoms with Crippen LogP contribution in [0.4, 0.5) is 0 Å². The number of carbonyl (C=O) groups is 6. The second-order valence-corrected chi connectivity index (χ2v) is 37.0. The minimum Gasteiger partial charge on any atom is -0.481 e. The lowest BCUT2D eigenvalue weighted by Crippen LogP contribution is -2.33. The summed E-state index contributed by atoms with van der Waals surface area (Å²) in [5.41, 5.74) is 31.7. The Morgan fingerprint density at radius 1 is 0.338 bits per heavy atom. The van der Waals surface area contributed by atoms with Crippen molar-refractivity contribution in [3.63, 3.8) is 0 Å². The van der Waals surface area contributed by atoms with E-state index in [-0.39, 0.29) is 134 Å². The number of rotatable bonds is 44. The van der Waals surface area contributed by atoms with Crippen molar-refractivity contribution in [2.75, 3.05) is 106 Å². The van der Waals surface area contributed by atoms with Crippen molar-refractivity contribution in [2.24, 2.45) is 21.5 Å². The number of ether oxygens (including phenoxy) is 10. The van der Waals surface area contributed by atoms with Gasteiger partial charge in [-0.25, -0.2) is 0 Å². The van der Waals surface area contributed by atoms with Gasteiger partial charge in [0.15, 0.2) is 0 Å². The summed E-state index contributed by atoms with van der Waals surface area (Å²) in [6.07, 6.45) is 33.3. The number of carboxylic acids is 2. The molecule has 8 aliphatic rings. The Hall–Kier alpha value is -12.4.